The second kappa shape index (κ2) is 8.44. The van der Waals surface area contributed by atoms with E-state index in [1.165, 1.54) is 22.7 Å². The molecule has 31 heavy (non-hydrogen) atoms. The molecule has 2 amide bonds. The van der Waals surface area contributed by atoms with Gasteiger partial charge in [0.05, 0.1) is 22.3 Å². The highest BCUT2D eigenvalue weighted by Gasteiger charge is 2.24. The van der Waals surface area contributed by atoms with E-state index in [9.17, 15) is 9.59 Å². The number of rotatable bonds is 6. The summed E-state index contributed by atoms with van der Waals surface area (Å²) in [6, 6.07) is 15.2. The van der Waals surface area contributed by atoms with E-state index in [-0.39, 0.29) is 18.2 Å². The van der Waals surface area contributed by atoms with Crippen LogP contribution in [0.4, 0.5) is 10.3 Å². The highest BCUT2D eigenvalue weighted by atomic mass is 32.1. The Morgan fingerprint density at radius 3 is 2.81 bits per heavy atom. The van der Waals surface area contributed by atoms with Crippen molar-refractivity contribution in [1.29, 1.82) is 0 Å². The molecule has 1 N–H and O–H groups in total. The minimum absolute atomic E-state index is 0.0930. The number of hydrogen-bond acceptors (Lipinski definition) is 7. The van der Waals surface area contributed by atoms with Crippen molar-refractivity contribution in [3.05, 3.63) is 59.6 Å². The predicted molar refractivity (Wildman–Crippen MR) is 122 cm³/mol. The van der Waals surface area contributed by atoms with Crippen LogP contribution in [0.2, 0.25) is 0 Å². The number of hydrogen-bond donors (Lipinski definition) is 1. The standard InChI is InChI=1S/C22H18N4O3S2/c27-19(11-14-13-30-22(23-14)26-10-4-7-20(26)28)25-21-24-17-9-8-16(12-18(17)31-21)29-15-5-2-1-3-6-15/h1-3,5-6,8-9,12-13H,4,7,10-11H2,(H,24,25,27). The Hall–Kier alpha value is -3.30. The Labute approximate surface area is 186 Å². The number of nitrogens with zero attached hydrogens (tertiary/aromatic N) is 3. The average Bonchev–Trinajstić information content (AvgIpc) is 3.48. The predicted octanol–water partition coefficient (Wildman–Crippen LogP) is 4.85. The van der Waals surface area contributed by atoms with Gasteiger partial charge in [-0.2, -0.15) is 0 Å². The molecule has 156 valence electrons. The lowest BCUT2D eigenvalue weighted by molar-refractivity contribution is -0.117. The maximum absolute atomic E-state index is 12.5. The number of para-hydroxylation sites is 1. The third-order valence-corrected chi connectivity index (χ3v) is 6.62. The third kappa shape index (κ3) is 4.42. The van der Waals surface area contributed by atoms with E-state index in [4.69, 9.17) is 4.74 Å². The molecular weight excluding hydrogens is 432 g/mol. The van der Waals surface area contributed by atoms with Crippen molar-refractivity contribution in [3.8, 4) is 11.5 Å². The minimum Gasteiger partial charge on any atom is -0.457 e. The fourth-order valence-electron chi connectivity index (χ4n) is 3.33. The Balaban J connectivity index is 1.24. The van der Waals surface area contributed by atoms with Gasteiger partial charge in [-0.05, 0) is 30.7 Å². The van der Waals surface area contributed by atoms with Crippen molar-refractivity contribution in [2.24, 2.45) is 0 Å². The van der Waals surface area contributed by atoms with Crippen molar-refractivity contribution in [2.75, 3.05) is 16.8 Å². The van der Waals surface area contributed by atoms with Crippen LogP contribution >= 0.6 is 22.7 Å². The molecule has 1 aliphatic heterocycles. The Morgan fingerprint density at radius 1 is 1.13 bits per heavy atom. The summed E-state index contributed by atoms with van der Waals surface area (Å²) in [6.07, 6.45) is 1.55. The number of nitrogens with one attached hydrogen (secondary N) is 1. The smallest absolute Gasteiger partial charge is 0.232 e. The molecular formula is C22H18N4O3S2. The molecule has 4 aromatic rings. The first-order valence-electron chi connectivity index (χ1n) is 9.82. The van der Waals surface area contributed by atoms with Crippen molar-refractivity contribution in [3.63, 3.8) is 0 Å². The summed E-state index contributed by atoms with van der Waals surface area (Å²) < 4.78 is 6.79. The number of thiazole rings is 2. The zero-order valence-electron chi connectivity index (χ0n) is 16.4. The maximum Gasteiger partial charge on any atom is 0.232 e. The molecule has 0 unspecified atom stereocenters. The normalized spacial score (nSPS) is 13.7. The molecule has 0 bridgehead atoms. The van der Waals surface area contributed by atoms with Crippen LogP contribution in [0.25, 0.3) is 10.2 Å². The second-order valence-electron chi connectivity index (χ2n) is 7.06. The van der Waals surface area contributed by atoms with E-state index in [1.54, 1.807) is 4.90 Å². The molecule has 3 heterocycles. The topological polar surface area (TPSA) is 84.4 Å². The first-order valence-corrected chi connectivity index (χ1v) is 11.5. The van der Waals surface area contributed by atoms with Crippen molar-refractivity contribution in [2.45, 2.75) is 19.3 Å². The number of carbonyl (C=O) groups excluding carboxylic acids is 2. The second-order valence-corrected chi connectivity index (χ2v) is 8.93. The molecule has 2 aromatic carbocycles. The molecule has 0 saturated carbocycles. The zero-order chi connectivity index (χ0) is 21.2. The molecule has 0 spiro atoms. The summed E-state index contributed by atoms with van der Waals surface area (Å²) in [6.45, 7) is 0.694. The number of carbonyl (C=O) groups is 2. The van der Waals surface area contributed by atoms with Gasteiger partial charge in [0.2, 0.25) is 11.8 Å². The summed E-state index contributed by atoms with van der Waals surface area (Å²) in [5.41, 5.74) is 1.45. The summed E-state index contributed by atoms with van der Waals surface area (Å²) in [5, 5.41) is 5.87. The van der Waals surface area contributed by atoms with E-state index in [2.05, 4.69) is 15.3 Å². The highest BCUT2D eigenvalue weighted by molar-refractivity contribution is 7.22. The monoisotopic (exact) mass is 450 g/mol. The summed E-state index contributed by atoms with van der Waals surface area (Å²) in [7, 11) is 0. The van der Waals surface area contributed by atoms with Gasteiger partial charge in [-0.25, -0.2) is 9.97 Å². The van der Waals surface area contributed by atoms with E-state index < -0.39 is 0 Å². The van der Waals surface area contributed by atoms with E-state index in [0.29, 0.717) is 34.7 Å². The lowest BCUT2D eigenvalue weighted by Gasteiger charge is -2.10. The van der Waals surface area contributed by atoms with Gasteiger partial charge in [0, 0.05) is 24.4 Å². The van der Waals surface area contributed by atoms with Gasteiger partial charge in [0.25, 0.3) is 0 Å². The minimum atomic E-state index is -0.190. The molecule has 7 nitrogen and oxygen atoms in total. The maximum atomic E-state index is 12.5. The molecule has 0 aliphatic carbocycles. The van der Waals surface area contributed by atoms with Gasteiger partial charge in [0.15, 0.2) is 10.3 Å². The van der Waals surface area contributed by atoms with Gasteiger partial charge in [-0.1, -0.05) is 29.5 Å². The van der Waals surface area contributed by atoms with Crippen molar-refractivity contribution in [1.82, 2.24) is 9.97 Å². The van der Waals surface area contributed by atoms with Crippen LogP contribution in [0.5, 0.6) is 11.5 Å². The summed E-state index contributed by atoms with van der Waals surface area (Å²) >= 11 is 2.78. The van der Waals surface area contributed by atoms with Gasteiger partial charge >= 0.3 is 0 Å². The Kier molecular flexibility index (Phi) is 5.35. The van der Waals surface area contributed by atoms with Crippen molar-refractivity contribution >= 4 is 55.0 Å². The number of aromatic nitrogens is 2. The molecule has 2 aromatic heterocycles. The van der Waals surface area contributed by atoms with Gasteiger partial charge in [-0.3, -0.25) is 14.5 Å². The Morgan fingerprint density at radius 2 is 2.00 bits per heavy atom. The van der Waals surface area contributed by atoms with E-state index >= 15 is 0 Å². The summed E-state index contributed by atoms with van der Waals surface area (Å²) in [5.74, 6) is 1.38. The quantitative estimate of drug-likeness (QED) is 0.454. The third-order valence-electron chi connectivity index (χ3n) is 4.77. The average molecular weight is 451 g/mol. The van der Waals surface area contributed by atoms with Crippen LogP contribution in [0, 0.1) is 0 Å². The van der Waals surface area contributed by atoms with E-state index in [0.717, 1.165) is 22.4 Å². The number of amides is 2. The first kappa shape index (κ1) is 19.7. The first-order chi connectivity index (χ1) is 15.1. The lowest BCUT2D eigenvalue weighted by atomic mass is 10.3. The van der Waals surface area contributed by atoms with Gasteiger partial charge in [0.1, 0.15) is 11.5 Å². The number of anilines is 2. The summed E-state index contributed by atoms with van der Waals surface area (Å²) in [4.78, 5) is 35.0. The fraction of sp³-hybridized carbons (Fsp3) is 0.182. The fourth-order valence-corrected chi connectivity index (χ4v) is 5.10. The highest BCUT2D eigenvalue weighted by Crippen LogP contribution is 2.31. The van der Waals surface area contributed by atoms with Crippen molar-refractivity contribution < 1.29 is 14.3 Å². The SMILES string of the molecule is O=C(Cc1csc(N2CCCC2=O)n1)Nc1nc2ccc(Oc3ccccc3)cc2s1. The number of fused-ring (bicyclic) bond motifs is 1. The molecule has 1 aliphatic rings. The van der Waals surface area contributed by atoms with Crippen LogP contribution < -0.4 is 15.0 Å². The largest absolute Gasteiger partial charge is 0.457 e. The molecule has 1 fully saturated rings. The Bertz CT molecular complexity index is 1250. The van der Waals surface area contributed by atoms with Crippen LogP contribution in [0.15, 0.2) is 53.9 Å². The van der Waals surface area contributed by atoms with Gasteiger partial charge in [-0.15, -0.1) is 11.3 Å². The molecule has 5 rings (SSSR count). The number of benzene rings is 2. The molecule has 9 heteroatoms. The van der Waals surface area contributed by atoms with Crippen LogP contribution in [-0.2, 0) is 16.0 Å². The zero-order valence-corrected chi connectivity index (χ0v) is 18.0. The van der Waals surface area contributed by atoms with Crippen LogP contribution in [0.3, 0.4) is 0 Å². The molecule has 1 saturated heterocycles. The molecule has 0 radical (unpaired) electrons. The number of ether oxygens (including phenoxy) is 1. The van der Waals surface area contributed by atoms with Gasteiger partial charge < -0.3 is 10.1 Å². The lowest BCUT2D eigenvalue weighted by Crippen LogP contribution is -2.23. The van der Waals surface area contributed by atoms with Crippen LogP contribution in [0.1, 0.15) is 18.5 Å². The van der Waals surface area contributed by atoms with Crippen LogP contribution in [-0.4, -0.2) is 28.3 Å². The van der Waals surface area contributed by atoms with E-state index in [1.807, 2.05) is 53.9 Å². The molecule has 0 atom stereocenters.